The van der Waals surface area contributed by atoms with Crippen LogP contribution in [0.15, 0.2) is 61.2 Å². The van der Waals surface area contributed by atoms with Crippen LogP contribution in [-0.2, 0) is 17.7 Å². The van der Waals surface area contributed by atoms with Gasteiger partial charge in [-0.2, -0.15) is 0 Å². The summed E-state index contributed by atoms with van der Waals surface area (Å²) in [6.07, 6.45) is 48.8. The normalized spacial score (nSPS) is 11.0. The minimum Gasteiger partial charge on any atom is -0.790 e. The Morgan fingerprint density at radius 3 is 0.776 bits per heavy atom. The molecule has 0 bridgehead atoms. The van der Waals surface area contributed by atoms with Gasteiger partial charge in [-0.25, -0.2) is 9.13 Å². The molecule has 7 heteroatoms. The molecular formula is C42H77N2O4P. The molecule has 0 fully saturated rings. The fourth-order valence-electron chi connectivity index (χ4n) is 6.14. The third kappa shape index (κ3) is 42.5. The molecule has 49 heavy (non-hydrogen) atoms. The molecule has 0 amide bonds. The van der Waals surface area contributed by atoms with Crippen molar-refractivity contribution in [3.8, 4) is 0 Å². The van der Waals surface area contributed by atoms with Crippen LogP contribution in [0.5, 0.6) is 0 Å². The third-order valence-electron chi connectivity index (χ3n) is 9.09. The molecule has 0 aromatic carbocycles. The monoisotopic (exact) mass is 705 g/mol. The zero-order valence-electron chi connectivity index (χ0n) is 32.0. The molecule has 0 aliphatic heterocycles. The van der Waals surface area contributed by atoms with Crippen LogP contribution in [0.3, 0.4) is 0 Å². The van der Waals surface area contributed by atoms with Crippen LogP contribution in [-0.4, -0.2) is 4.89 Å². The summed E-state index contributed by atoms with van der Waals surface area (Å²) >= 11 is 0. The highest BCUT2D eigenvalue weighted by Crippen LogP contribution is 2.14. The van der Waals surface area contributed by atoms with E-state index in [0.29, 0.717) is 0 Å². The second-order valence-electron chi connectivity index (χ2n) is 13.9. The van der Waals surface area contributed by atoms with Crippen molar-refractivity contribution >= 4 is 7.82 Å². The first-order valence-corrected chi connectivity index (χ1v) is 22.0. The highest BCUT2D eigenvalue weighted by Gasteiger charge is 1.99. The molecule has 2 aromatic heterocycles. The lowest BCUT2D eigenvalue weighted by Gasteiger charge is -2.19. The van der Waals surface area contributed by atoms with Gasteiger partial charge in [-0.05, 0) is 12.8 Å². The second-order valence-corrected chi connectivity index (χ2v) is 14.8. The number of rotatable bonds is 30. The highest BCUT2D eigenvalue weighted by molar-refractivity contribution is 7.42. The fourth-order valence-corrected chi connectivity index (χ4v) is 6.14. The minimum atomic E-state index is -5.14. The molecule has 2 aromatic rings. The van der Waals surface area contributed by atoms with E-state index in [4.69, 9.17) is 19.2 Å². The third-order valence-corrected chi connectivity index (χ3v) is 9.09. The van der Waals surface area contributed by atoms with Crippen molar-refractivity contribution in [3.63, 3.8) is 0 Å². The largest absolute Gasteiger partial charge is 0.790 e. The number of nitrogens with zero attached hydrogens (tertiary/aromatic N) is 2. The Morgan fingerprint density at radius 1 is 0.388 bits per heavy atom. The second kappa shape index (κ2) is 37.7. The number of aromatic nitrogens is 2. The Hall–Kier alpha value is -1.59. The molecule has 0 unspecified atom stereocenters. The maximum absolute atomic E-state index is 8.66. The SMILES string of the molecule is CCCCCCCCCCCCCCCC[n+]1ccccc1.CCCCCCCCCCCCCCCC[n+]1ccccc1.O=P([O-])([O-])O. The Bertz CT molecular complexity index is 866. The summed E-state index contributed by atoms with van der Waals surface area (Å²) in [5.41, 5.74) is 0. The summed E-state index contributed by atoms with van der Waals surface area (Å²) in [7, 11) is -5.14. The van der Waals surface area contributed by atoms with Gasteiger partial charge in [0.25, 0.3) is 0 Å². The van der Waals surface area contributed by atoms with Crippen molar-refractivity contribution in [2.45, 2.75) is 207 Å². The number of pyridine rings is 2. The van der Waals surface area contributed by atoms with Crippen molar-refractivity contribution in [3.05, 3.63) is 61.2 Å². The standard InChI is InChI=1S/2C21H38N.H3O4P/c2*1-2-3-4-5-6-7-8-9-10-11-12-13-14-16-19-22-20-17-15-18-21-22;1-5(2,3)4/h2*15,17-18,20-21H,2-14,16,19H2,1H3;(H3,1,2,3,4)/q2*+1;/p-2. The number of hydrogen-bond acceptors (Lipinski definition) is 3. The van der Waals surface area contributed by atoms with Crippen molar-refractivity contribution < 1.29 is 28.4 Å². The van der Waals surface area contributed by atoms with Gasteiger partial charge in [-0.1, -0.05) is 180 Å². The van der Waals surface area contributed by atoms with Gasteiger partial charge in [-0.15, -0.1) is 0 Å². The highest BCUT2D eigenvalue weighted by atomic mass is 31.2. The summed E-state index contributed by atoms with van der Waals surface area (Å²) in [6, 6.07) is 12.6. The summed E-state index contributed by atoms with van der Waals surface area (Å²) in [5, 5.41) is 0. The van der Waals surface area contributed by atoms with E-state index in [-0.39, 0.29) is 0 Å². The van der Waals surface area contributed by atoms with E-state index in [0.717, 1.165) is 0 Å². The maximum Gasteiger partial charge on any atom is 0.168 e. The van der Waals surface area contributed by atoms with Gasteiger partial charge >= 0.3 is 0 Å². The lowest BCUT2D eigenvalue weighted by Crippen LogP contribution is -2.32. The number of aryl methyl sites for hydroxylation is 2. The molecule has 0 aliphatic carbocycles. The molecule has 0 saturated heterocycles. The molecule has 0 atom stereocenters. The Morgan fingerprint density at radius 2 is 0.571 bits per heavy atom. The lowest BCUT2D eigenvalue weighted by atomic mass is 10.0. The molecular weight excluding hydrogens is 627 g/mol. The van der Waals surface area contributed by atoms with Crippen LogP contribution in [0.1, 0.15) is 194 Å². The molecule has 0 saturated carbocycles. The smallest absolute Gasteiger partial charge is 0.168 e. The summed E-state index contributed by atoms with van der Waals surface area (Å²) in [6.45, 7) is 6.94. The maximum atomic E-state index is 8.66. The molecule has 2 heterocycles. The Balaban J connectivity index is 0.000000826. The minimum absolute atomic E-state index is 1.18. The summed E-state index contributed by atoms with van der Waals surface area (Å²) in [4.78, 5) is 24.3. The topological polar surface area (TPSA) is 91.2 Å². The van der Waals surface area contributed by atoms with Gasteiger partial charge < -0.3 is 19.2 Å². The molecule has 0 aliphatic rings. The molecule has 284 valence electrons. The fraction of sp³-hybridized carbons (Fsp3) is 0.762. The number of unbranched alkanes of at least 4 members (excludes halogenated alkanes) is 26. The van der Waals surface area contributed by atoms with Crippen molar-refractivity contribution in [1.29, 1.82) is 0 Å². The first kappa shape index (κ1) is 47.4. The van der Waals surface area contributed by atoms with Gasteiger partial charge in [0, 0.05) is 37.1 Å². The van der Waals surface area contributed by atoms with Crippen LogP contribution < -0.4 is 18.9 Å². The van der Waals surface area contributed by atoms with Crippen LogP contribution in [0.25, 0.3) is 0 Å². The molecule has 0 radical (unpaired) electrons. The predicted octanol–water partition coefficient (Wildman–Crippen LogP) is 10.7. The summed E-state index contributed by atoms with van der Waals surface area (Å²) in [5.74, 6) is 0. The van der Waals surface area contributed by atoms with E-state index >= 15 is 0 Å². The quantitative estimate of drug-likeness (QED) is 0.0498. The van der Waals surface area contributed by atoms with Crippen LogP contribution in [0.4, 0.5) is 0 Å². The van der Waals surface area contributed by atoms with Crippen molar-refractivity contribution in [2.75, 3.05) is 0 Å². The van der Waals surface area contributed by atoms with Gasteiger partial charge in [-0.3, -0.25) is 0 Å². The van der Waals surface area contributed by atoms with E-state index in [2.05, 4.69) is 84.2 Å². The number of phosphoric acid groups is 1. The molecule has 1 N–H and O–H groups in total. The molecule has 2 rings (SSSR count). The number of hydrogen-bond donors (Lipinski definition) is 1. The average molecular weight is 705 g/mol. The Labute approximate surface area is 303 Å². The van der Waals surface area contributed by atoms with E-state index in [1.165, 1.54) is 193 Å². The van der Waals surface area contributed by atoms with Crippen LogP contribution >= 0.6 is 7.82 Å². The van der Waals surface area contributed by atoms with E-state index < -0.39 is 7.82 Å². The van der Waals surface area contributed by atoms with Crippen molar-refractivity contribution in [1.82, 2.24) is 0 Å². The Kier molecular flexibility index (Phi) is 36.4. The summed E-state index contributed by atoms with van der Waals surface area (Å²) < 4.78 is 13.2. The van der Waals surface area contributed by atoms with Gasteiger partial charge in [0.2, 0.25) is 0 Å². The van der Waals surface area contributed by atoms with Crippen molar-refractivity contribution in [2.24, 2.45) is 0 Å². The van der Waals surface area contributed by atoms with E-state index in [9.17, 15) is 0 Å². The molecule has 0 spiro atoms. The van der Waals surface area contributed by atoms with Crippen LogP contribution in [0, 0.1) is 0 Å². The zero-order valence-corrected chi connectivity index (χ0v) is 32.9. The van der Waals surface area contributed by atoms with Gasteiger partial charge in [0.15, 0.2) is 24.8 Å². The predicted molar refractivity (Wildman–Crippen MR) is 204 cm³/mol. The zero-order chi connectivity index (χ0) is 35.9. The van der Waals surface area contributed by atoms with Gasteiger partial charge in [0.1, 0.15) is 13.1 Å². The van der Waals surface area contributed by atoms with E-state index in [1.54, 1.807) is 0 Å². The lowest BCUT2D eigenvalue weighted by molar-refractivity contribution is -0.697. The first-order chi connectivity index (χ1) is 23.9. The first-order valence-electron chi connectivity index (χ1n) is 20.5. The van der Waals surface area contributed by atoms with E-state index in [1.807, 2.05) is 0 Å². The average Bonchev–Trinajstić information content (AvgIpc) is 3.09. The van der Waals surface area contributed by atoms with Crippen LogP contribution in [0.2, 0.25) is 0 Å². The van der Waals surface area contributed by atoms with Gasteiger partial charge in [0.05, 0.1) is 7.82 Å². The molecule has 6 nitrogen and oxygen atoms in total.